The average Bonchev–Trinajstić information content (AvgIpc) is 2.64. The topological polar surface area (TPSA) is 79.8 Å². The van der Waals surface area contributed by atoms with Crippen molar-refractivity contribution in [2.24, 2.45) is 5.10 Å². The highest BCUT2D eigenvalue weighted by molar-refractivity contribution is 6.39. The molecule has 142 valence electrons. The molecule has 0 bridgehead atoms. The zero-order chi connectivity index (χ0) is 19.8. The van der Waals surface area contributed by atoms with Crippen molar-refractivity contribution in [3.05, 3.63) is 58.1 Å². The van der Waals surface area contributed by atoms with E-state index in [1.165, 1.54) is 6.21 Å². The fourth-order valence-corrected chi connectivity index (χ4v) is 2.42. The lowest BCUT2D eigenvalue weighted by atomic mass is 10.1. The average molecular weight is 388 g/mol. The number of hydrogen-bond acceptors (Lipinski definition) is 4. The van der Waals surface area contributed by atoms with E-state index in [2.05, 4.69) is 15.8 Å². The molecule has 6 nitrogen and oxygen atoms in total. The Balaban J connectivity index is 2.01. The molecule has 27 heavy (non-hydrogen) atoms. The van der Waals surface area contributed by atoms with Crippen LogP contribution in [0, 0.1) is 13.8 Å². The summed E-state index contributed by atoms with van der Waals surface area (Å²) in [5.41, 5.74) is 5.32. The minimum atomic E-state index is -0.870. The molecule has 0 aliphatic rings. The summed E-state index contributed by atoms with van der Waals surface area (Å²) in [4.78, 5) is 24.0. The lowest BCUT2D eigenvalue weighted by Gasteiger charge is -2.09. The van der Waals surface area contributed by atoms with E-state index in [1.807, 2.05) is 32.9 Å². The van der Waals surface area contributed by atoms with Gasteiger partial charge in [-0.25, -0.2) is 5.43 Å². The van der Waals surface area contributed by atoms with Crippen molar-refractivity contribution in [2.45, 2.75) is 27.2 Å². The van der Waals surface area contributed by atoms with Crippen LogP contribution in [0.3, 0.4) is 0 Å². The molecule has 2 amide bonds. The predicted molar refractivity (Wildman–Crippen MR) is 108 cm³/mol. The molecule has 0 aromatic heterocycles. The zero-order valence-corrected chi connectivity index (χ0v) is 16.3. The molecule has 2 aromatic rings. The lowest BCUT2D eigenvalue weighted by Crippen LogP contribution is -2.32. The van der Waals surface area contributed by atoms with Gasteiger partial charge in [-0.2, -0.15) is 5.10 Å². The first-order valence-corrected chi connectivity index (χ1v) is 8.93. The second kappa shape index (κ2) is 9.73. The number of anilines is 1. The normalized spacial score (nSPS) is 10.7. The number of aryl methyl sites for hydroxylation is 1. The summed E-state index contributed by atoms with van der Waals surface area (Å²) in [6.45, 7) is 6.35. The van der Waals surface area contributed by atoms with Crippen molar-refractivity contribution in [2.75, 3.05) is 11.9 Å². The van der Waals surface area contributed by atoms with E-state index >= 15 is 0 Å². The van der Waals surface area contributed by atoms with Gasteiger partial charge in [0.25, 0.3) is 0 Å². The fraction of sp³-hybridized carbons (Fsp3) is 0.250. The van der Waals surface area contributed by atoms with Crippen molar-refractivity contribution in [3.8, 4) is 5.75 Å². The van der Waals surface area contributed by atoms with Crippen LogP contribution in [0.2, 0.25) is 5.02 Å². The van der Waals surface area contributed by atoms with Crippen LogP contribution >= 0.6 is 11.6 Å². The molecule has 2 N–H and O–H groups in total. The van der Waals surface area contributed by atoms with Gasteiger partial charge in [0.05, 0.1) is 12.8 Å². The van der Waals surface area contributed by atoms with Gasteiger partial charge in [-0.1, -0.05) is 30.7 Å². The number of rotatable bonds is 6. The van der Waals surface area contributed by atoms with E-state index in [0.717, 1.165) is 17.5 Å². The van der Waals surface area contributed by atoms with Crippen LogP contribution in [-0.4, -0.2) is 24.6 Å². The SMILES string of the molecule is CCCOc1ccc(Cl)cc1/C=N\NC(=O)C(=O)Nc1cccc(C)c1C. The maximum Gasteiger partial charge on any atom is 0.329 e. The number of hydrazone groups is 1. The van der Waals surface area contributed by atoms with E-state index in [-0.39, 0.29) is 0 Å². The number of carbonyl (C=O) groups is 2. The number of hydrogen-bond donors (Lipinski definition) is 2. The van der Waals surface area contributed by atoms with Crippen molar-refractivity contribution >= 4 is 35.3 Å². The molecule has 0 unspecified atom stereocenters. The molecule has 0 fully saturated rings. The van der Waals surface area contributed by atoms with Gasteiger partial charge in [-0.15, -0.1) is 0 Å². The Hall–Kier alpha value is -2.86. The van der Waals surface area contributed by atoms with E-state index in [0.29, 0.717) is 28.6 Å². The number of carbonyl (C=O) groups excluding carboxylic acids is 2. The predicted octanol–water partition coefficient (Wildman–Crippen LogP) is 3.83. The molecule has 0 spiro atoms. The minimum Gasteiger partial charge on any atom is -0.493 e. The van der Waals surface area contributed by atoms with Crippen LogP contribution in [0.25, 0.3) is 0 Å². The van der Waals surface area contributed by atoms with Gasteiger partial charge in [0.2, 0.25) is 0 Å². The first-order valence-electron chi connectivity index (χ1n) is 8.55. The standard InChI is InChI=1S/C20H22ClN3O3/c1-4-10-27-18-9-8-16(21)11-15(18)12-22-24-20(26)19(25)23-17-7-5-6-13(2)14(17)3/h5-9,11-12H,4,10H2,1-3H3,(H,23,25)(H,24,26)/b22-12-. The third-order valence-electron chi connectivity index (χ3n) is 3.86. The molecular formula is C20H22ClN3O3. The molecule has 0 heterocycles. The van der Waals surface area contributed by atoms with Crippen LogP contribution in [0.1, 0.15) is 30.0 Å². The second-order valence-electron chi connectivity index (χ2n) is 5.93. The molecule has 0 atom stereocenters. The van der Waals surface area contributed by atoms with E-state index in [1.54, 1.807) is 24.3 Å². The summed E-state index contributed by atoms with van der Waals surface area (Å²) in [5, 5.41) is 6.92. The maximum absolute atomic E-state index is 12.0. The van der Waals surface area contributed by atoms with Crippen LogP contribution in [0.4, 0.5) is 5.69 Å². The van der Waals surface area contributed by atoms with E-state index in [4.69, 9.17) is 16.3 Å². The second-order valence-corrected chi connectivity index (χ2v) is 6.37. The number of benzene rings is 2. The summed E-state index contributed by atoms with van der Waals surface area (Å²) in [6.07, 6.45) is 2.24. The molecule has 0 aliphatic carbocycles. The summed E-state index contributed by atoms with van der Waals surface area (Å²) < 4.78 is 5.61. The first kappa shape index (κ1) is 20.5. The summed E-state index contributed by atoms with van der Waals surface area (Å²) >= 11 is 5.99. The molecule has 0 saturated heterocycles. The summed E-state index contributed by atoms with van der Waals surface area (Å²) in [6, 6.07) is 10.6. The highest BCUT2D eigenvalue weighted by atomic mass is 35.5. The zero-order valence-electron chi connectivity index (χ0n) is 15.5. The monoisotopic (exact) mass is 387 g/mol. The number of amides is 2. The Morgan fingerprint density at radius 1 is 1.19 bits per heavy atom. The highest BCUT2D eigenvalue weighted by Gasteiger charge is 2.14. The Labute approximate surface area is 163 Å². The third-order valence-corrected chi connectivity index (χ3v) is 4.10. The largest absolute Gasteiger partial charge is 0.493 e. The van der Waals surface area contributed by atoms with Gasteiger partial charge >= 0.3 is 11.8 Å². The van der Waals surface area contributed by atoms with Crippen LogP contribution in [0.5, 0.6) is 5.75 Å². The smallest absolute Gasteiger partial charge is 0.329 e. The van der Waals surface area contributed by atoms with Crippen LogP contribution in [0.15, 0.2) is 41.5 Å². The number of halogens is 1. The van der Waals surface area contributed by atoms with E-state index in [9.17, 15) is 9.59 Å². The number of nitrogens with one attached hydrogen (secondary N) is 2. The Morgan fingerprint density at radius 2 is 1.96 bits per heavy atom. The van der Waals surface area contributed by atoms with Crippen molar-refractivity contribution in [1.29, 1.82) is 0 Å². The number of nitrogens with zero attached hydrogens (tertiary/aromatic N) is 1. The molecule has 7 heteroatoms. The molecule has 0 aliphatic heterocycles. The third kappa shape index (κ3) is 5.82. The minimum absolute atomic E-state index is 0.513. The van der Waals surface area contributed by atoms with Gasteiger partial charge in [-0.3, -0.25) is 9.59 Å². The summed E-state index contributed by atoms with van der Waals surface area (Å²) in [7, 11) is 0. The molecule has 0 saturated carbocycles. The van der Waals surface area contributed by atoms with E-state index < -0.39 is 11.8 Å². The van der Waals surface area contributed by atoms with Gasteiger partial charge in [0.1, 0.15) is 5.75 Å². The van der Waals surface area contributed by atoms with Crippen LogP contribution in [-0.2, 0) is 9.59 Å². The van der Waals surface area contributed by atoms with Gasteiger partial charge in [0.15, 0.2) is 0 Å². The van der Waals surface area contributed by atoms with Crippen molar-refractivity contribution in [1.82, 2.24) is 5.43 Å². The highest BCUT2D eigenvalue weighted by Crippen LogP contribution is 2.21. The molecular weight excluding hydrogens is 366 g/mol. The maximum atomic E-state index is 12.0. The first-order chi connectivity index (χ1) is 12.9. The quantitative estimate of drug-likeness (QED) is 0.449. The lowest BCUT2D eigenvalue weighted by molar-refractivity contribution is -0.136. The Kier molecular flexibility index (Phi) is 7.37. The van der Waals surface area contributed by atoms with Gasteiger partial charge < -0.3 is 10.1 Å². The Morgan fingerprint density at radius 3 is 2.70 bits per heavy atom. The van der Waals surface area contributed by atoms with Gasteiger partial charge in [0, 0.05) is 16.3 Å². The Bertz CT molecular complexity index is 866. The number of ether oxygens (including phenoxy) is 1. The van der Waals surface area contributed by atoms with Gasteiger partial charge in [-0.05, 0) is 55.7 Å². The summed E-state index contributed by atoms with van der Waals surface area (Å²) in [5.74, 6) is -1.07. The van der Waals surface area contributed by atoms with Crippen molar-refractivity contribution in [3.63, 3.8) is 0 Å². The van der Waals surface area contributed by atoms with Crippen LogP contribution < -0.4 is 15.5 Å². The van der Waals surface area contributed by atoms with Crippen molar-refractivity contribution < 1.29 is 14.3 Å². The molecule has 0 radical (unpaired) electrons. The molecule has 2 rings (SSSR count). The molecule has 2 aromatic carbocycles. The fourth-order valence-electron chi connectivity index (χ4n) is 2.24.